The number of benzene rings is 9. The van der Waals surface area contributed by atoms with Crippen molar-refractivity contribution in [1.82, 2.24) is 8.97 Å². The number of para-hydroxylation sites is 8. The lowest BCUT2D eigenvalue weighted by molar-refractivity contribution is 0.670. The highest BCUT2D eigenvalue weighted by Gasteiger charge is 2.23. The summed E-state index contributed by atoms with van der Waals surface area (Å²) in [4.78, 5) is 2.43. The summed E-state index contributed by atoms with van der Waals surface area (Å²) >= 11 is 0. The predicted molar refractivity (Wildman–Crippen MR) is 243 cm³/mol. The van der Waals surface area contributed by atoms with Crippen molar-refractivity contribution in [3.05, 3.63) is 200 Å². The third-order valence-electron chi connectivity index (χ3n) is 12.2. The fraction of sp³-hybridized carbons (Fsp3) is 0. The lowest BCUT2D eigenvalue weighted by atomic mass is 10.0. The first kappa shape index (κ1) is 31.4. The molecule has 58 heavy (non-hydrogen) atoms. The van der Waals surface area contributed by atoms with Gasteiger partial charge in [-0.05, 0) is 66.2 Å². The van der Waals surface area contributed by atoms with E-state index in [1.165, 1.54) is 59.9 Å². The Morgan fingerprint density at radius 2 is 0.931 bits per heavy atom. The number of hydrogen-bond acceptors (Lipinski definition) is 2. The molecular weight excluding hydrogens is 707 g/mol. The average molecular weight is 740 g/mol. The quantitative estimate of drug-likeness (QED) is 0.176. The van der Waals surface area contributed by atoms with E-state index in [4.69, 9.17) is 4.42 Å². The van der Waals surface area contributed by atoms with Gasteiger partial charge < -0.3 is 18.3 Å². The summed E-state index contributed by atoms with van der Waals surface area (Å²) in [5.74, 6) is 0. The van der Waals surface area contributed by atoms with Gasteiger partial charge in [0.25, 0.3) is 0 Å². The Bertz CT molecular complexity index is 3700. The fourth-order valence-electron chi connectivity index (χ4n) is 9.77. The van der Waals surface area contributed by atoms with Crippen LogP contribution < -0.4 is 4.90 Å². The van der Waals surface area contributed by atoms with Crippen LogP contribution in [0.4, 0.5) is 17.1 Å². The second kappa shape index (κ2) is 11.8. The third kappa shape index (κ3) is 4.29. The molecule has 4 nitrogen and oxygen atoms in total. The standard InChI is InChI=1S/C54H33N3O/c1-5-21-46-38(13-1)39-14-2-6-22-47(39)56(46)50-25-9-8-24-49(50)55(35-29-27-34(28-30-35)37-17-11-20-45-42-16-4-10-26-52(42)58-54(37)45)36-31-32-41-44-19-12-18-43-40-15-3-7-23-48(40)57(53(43)44)51(41)33-36/h1-33H. The van der Waals surface area contributed by atoms with Crippen LogP contribution in [0, 0.1) is 0 Å². The van der Waals surface area contributed by atoms with Gasteiger partial charge in [-0.3, -0.25) is 0 Å². The fourth-order valence-corrected chi connectivity index (χ4v) is 9.77. The molecule has 0 radical (unpaired) electrons. The summed E-state index contributed by atoms with van der Waals surface area (Å²) < 4.78 is 11.4. The van der Waals surface area contributed by atoms with Gasteiger partial charge in [-0.25, -0.2) is 0 Å². The summed E-state index contributed by atoms with van der Waals surface area (Å²) in [7, 11) is 0. The molecule has 0 aliphatic rings. The molecular formula is C54H33N3O. The zero-order valence-electron chi connectivity index (χ0n) is 31.3. The van der Waals surface area contributed by atoms with Gasteiger partial charge in [0.2, 0.25) is 0 Å². The highest BCUT2D eigenvalue weighted by Crippen LogP contribution is 2.46. The maximum Gasteiger partial charge on any atom is 0.143 e. The normalized spacial score (nSPS) is 12.1. The summed E-state index contributed by atoms with van der Waals surface area (Å²) in [6, 6.07) is 72.5. The van der Waals surface area contributed by atoms with Gasteiger partial charge in [0, 0.05) is 60.0 Å². The summed E-state index contributed by atoms with van der Waals surface area (Å²) in [5, 5.41) is 9.83. The van der Waals surface area contributed by atoms with Gasteiger partial charge in [-0.1, -0.05) is 140 Å². The predicted octanol–water partition coefficient (Wildman–Crippen LogP) is 15.0. The molecule has 0 fully saturated rings. The maximum absolute atomic E-state index is 6.48. The van der Waals surface area contributed by atoms with E-state index < -0.39 is 0 Å². The molecule has 13 rings (SSSR count). The van der Waals surface area contributed by atoms with Crippen LogP contribution in [0.5, 0.6) is 0 Å². The Morgan fingerprint density at radius 1 is 0.379 bits per heavy atom. The number of rotatable bonds is 5. The van der Waals surface area contributed by atoms with Gasteiger partial charge in [0.1, 0.15) is 11.2 Å². The van der Waals surface area contributed by atoms with E-state index >= 15 is 0 Å². The zero-order chi connectivity index (χ0) is 37.9. The van der Waals surface area contributed by atoms with Crippen LogP contribution in [0.2, 0.25) is 0 Å². The van der Waals surface area contributed by atoms with E-state index in [2.05, 4.69) is 202 Å². The van der Waals surface area contributed by atoms with Crippen molar-refractivity contribution >= 4 is 98.9 Å². The molecule has 0 atom stereocenters. The summed E-state index contributed by atoms with van der Waals surface area (Å²) in [6.45, 7) is 0. The molecule has 4 aromatic heterocycles. The molecule has 0 N–H and O–H groups in total. The molecule has 270 valence electrons. The first-order valence-corrected chi connectivity index (χ1v) is 19.9. The van der Waals surface area contributed by atoms with Crippen molar-refractivity contribution < 1.29 is 4.42 Å². The van der Waals surface area contributed by atoms with Gasteiger partial charge in [-0.15, -0.1) is 0 Å². The van der Waals surface area contributed by atoms with Crippen LogP contribution in [0.25, 0.3) is 98.7 Å². The summed E-state index contributed by atoms with van der Waals surface area (Å²) in [5.41, 5.74) is 14.4. The van der Waals surface area contributed by atoms with Gasteiger partial charge in [0.15, 0.2) is 0 Å². The zero-order valence-corrected chi connectivity index (χ0v) is 31.3. The van der Waals surface area contributed by atoms with Crippen molar-refractivity contribution in [1.29, 1.82) is 0 Å². The van der Waals surface area contributed by atoms with Crippen molar-refractivity contribution in [2.24, 2.45) is 0 Å². The van der Waals surface area contributed by atoms with Crippen LogP contribution in [-0.4, -0.2) is 8.97 Å². The second-order valence-electron chi connectivity index (χ2n) is 15.3. The topological polar surface area (TPSA) is 25.7 Å². The molecule has 0 aliphatic carbocycles. The molecule has 0 aliphatic heterocycles. The second-order valence-corrected chi connectivity index (χ2v) is 15.3. The van der Waals surface area contributed by atoms with E-state index in [0.29, 0.717) is 0 Å². The number of hydrogen-bond donors (Lipinski definition) is 0. The molecule has 0 bridgehead atoms. The summed E-state index contributed by atoms with van der Waals surface area (Å²) in [6.07, 6.45) is 0. The number of aromatic nitrogens is 2. The molecule has 13 aromatic rings. The Labute approximate surface area is 333 Å². The highest BCUT2D eigenvalue weighted by atomic mass is 16.3. The van der Waals surface area contributed by atoms with Crippen molar-refractivity contribution in [2.45, 2.75) is 0 Å². The lowest BCUT2D eigenvalue weighted by Gasteiger charge is -2.28. The Kier molecular flexibility index (Phi) is 6.41. The molecule has 0 saturated carbocycles. The molecule has 0 unspecified atom stereocenters. The lowest BCUT2D eigenvalue weighted by Crippen LogP contribution is -2.13. The van der Waals surface area contributed by atoms with Crippen molar-refractivity contribution in [3.63, 3.8) is 0 Å². The number of furan rings is 1. The monoisotopic (exact) mass is 739 g/mol. The number of nitrogens with zero attached hydrogens (tertiary/aromatic N) is 3. The van der Waals surface area contributed by atoms with Gasteiger partial charge >= 0.3 is 0 Å². The number of fused-ring (bicyclic) bond motifs is 12. The SMILES string of the molecule is c1ccc(-n2c3ccccc3c3ccccc32)c(N(c2ccc(-c3cccc4c3oc3ccccc34)cc2)c2ccc3c4cccc5c6ccccc6n(c3c2)c54)c1. The number of anilines is 3. The first-order chi connectivity index (χ1) is 28.8. The molecule has 0 amide bonds. The van der Waals surface area contributed by atoms with E-state index in [0.717, 1.165) is 55.8 Å². The highest BCUT2D eigenvalue weighted by molar-refractivity contribution is 6.23. The van der Waals surface area contributed by atoms with E-state index in [-0.39, 0.29) is 0 Å². The minimum atomic E-state index is 0.904. The minimum Gasteiger partial charge on any atom is -0.455 e. The van der Waals surface area contributed by atoms with Crippen LogP contribution in [0.15, 0.2) is 205 Å². The molecule has 0 saturated heterocycles. The Balaban J connectivity index is 1.07. The average Bonchev–Trinajstić information content (AvgIpc) is 4.03. The van der Waals surface area contributed by atoms with E-state index in [9.17, 15) is 0 Å². The largest absolute Gasteiger partial charge is 0.455 e. The van der Waals surface area contributed by atoms with Gasteiger partial charge in [-0.2, -0.15) is 0 Å². The van der Waals surface area contributed by atoms with Crippen LogP contribution in [-0.2, 0) is 0 Å². The van der Waals surface area contributed by atoms with Crippen molar-refractivity contribution in [2.75, 3.05) is 4.90 Å². The Hall–Kier alpha value is -7.82. The van der Waals surface area contributed by atoms with Crippen LogP contribution in [0.3, 0.4) is 0 Å². The third-order valence-corrected chi connectivity index (χ3v) is 12.2. The van der Waals surface area contributed by atoms with Crippen LogP contribution in [0.1, 0.15) is 0 Å². The smallest absolute Gasteiger partial charge is 0.143 e. The van der Waals surface area contributed by atoms with E-state index in [1.807, 2.05) is 12.1 Å². The molecule has 0 spiro atoms. The Morgan fingerprint density at radius 3 is 1.69 bits per heavy atom. The van der Waals surface area contributed by atoms with Crippen molar-refractivity contribution in [3.8, 4) is 16.8 Å². The minimum absolute atomic E-state index is 0.904. The first-order valence-electron chi connectivity index (χ1n) is 19.9. The molecule has 4 heteroatoms. The maximum atomic E-state index is 6.48. The molecule has 4 heterocycles. The van der Waals surface area contributed by atoms with Crippen LogP contribution >= 0.6 is 0 Å². The van der Waals surface area contributed by atoms with E-state index in [1.54, 1.807) is 0 Å². The molecule has 9 aromatic carbocycles. The van der Waals surface area contributed by atoms with Gasteiger partial charge in [0.05, 0.1) is 39.0 Å².